The molecule has 0 aliphatic carbocycles. The van der Waals surface area contributed by atoms with Gasteiger partial charge in [0, 0.05) is 11.6 Å². The Kier molecular flexibility index (Phi) is 3.19. The Morgan fingerprint density at radius 1 is 1.50 bits per heavy atom. The summed E-state index contributed by atoms with van der Waals surface area (Å²) in [5, 5.41) is 0.429. The van der Waals surface area contributed by atoms with Gasteiger partial charge in [-0.25, -0.2) is 4.39 Å². The number of hydrogen-bond donors (Lipinski definition) is 1. The fourth-order valence-corrected chi connectivity index (χ4v) is 2.77. The zero-order valence-electron chi connectivity index (χ0n) is 9.34. The van der Waals surface area contributed by atoms with E-state index in [2.05, 4.69) is 4.90 Å². The van der Waals surface area contributed by atoms with Crippen LogP contribution in [-0.2, 0) is 5.54 Å². The molecule has 0 radical (unpaired) electrons. The highest BCUT2D eigenvalue weighted by Gasteiger charge is 2.33. The number of piperidine rings is 1. The topological polar surface area (TPSA) is 29.3 Å². The highest BCUT2D eigenvalue weighted by Crippen LogP contribution is 2.33. The molecule has 2 rings (SSSR count). The Bertz CT molecular complexity index is 397. The molecule has 1 saturated heterocycles. The lowest BCUT2D eigenvalue weighted by Gasteiger charge is -2.39. The van der Waals surface area contributed by atoms with Gasteiger partial charge in [-0.1, -0.05) is 17.7 Å². The third-order valence-electron chi connectivity index (χ3n) is 3.18. The summed E-state index contributed by atoms with van der Waals surface area (Å²) in [4.78, 5) is 2.18. The van der Waals surface area contributed by atoms with Gasteiger partial charge in [0.2, 0.25) is 0 Å². The number of benzene rings is 1. The minimum Gasteiger partial charge on any atom is -0.320 e. The van der Waals surface area contributed by atoms with Gasteiger partial charge in [-0.2, -0.15) is 0 Å². The fourth-order valence-electron chi connectivity index (χ4n) is 2.42. The molecular formula is C12H16ClFN2. The predicted octanol–water partition coefficient (Wildman–Crippen LogP) is 2.36. The summed E-state index contributed by atoms with van der Waals surface area (Å²) < 4.78 is 13.0. The molecule has 0 spiro atoms. The quantitative estimate of drug-likeness (QED) is 0.819. The average Bonchev–Trinajstić information content (AvgIpc) is 2.16. The second kappa shape index (κ2) is 4.32. The van der Waals surface area contributed by atoms with Gasteiger partial charge in [0.15, 0.2) is 0 Å². The molecule has 1 aliphatic rings. The summed E-state index contributed by atoms with van der Waals surface area (Å²) in [5.74, 6) is -0.318. The third kappa shape index (κ3) is 2.21. The van der Waals surface area contributed by atoms with Crippen LogP contribution < -0.4 is 5.73 Å². The highest BCUT2D eigenvalue weighted by atomic mass is 35.5. The van der Waals surface area contributed by atoms with Crippen LogP contribution in [0.3, 0.4) is 0 Å². The van der Waals surface area contributed by atoms with Crippen LogP contribution in [0, 0.1) is 5.82 Å². The first-order valence-corrected chi connectivity index (χ1v) is 5.82. The van der Waals surface area contributed by atoms with Crippen molar-refractivity contribution in [3.63, 3.8) is 0 Å². The number of likely N-dealkylation sites (N-methyl/N-ethyl adjacent to an activating group) is 1. The molecule has 88 valence electrons. The van der Waals surface area contributed by atoms with Crippen molar-refractivity contribution in [2.75, 3.05) is 20.1 Å². The van der Waals surface area contributed by atoms with Crippen molar-refractivity contribution in [1.82, 2.24) is 4.90 Å². The number of halogens is 2. The minimum absolute atomic E-state index is 0.318. The van der Waals surface area contributed by atoms with Crippen LogP contribution in [0.2, 0.25) is 5.02 Å². The van der Waals surface area contributed by atoms with Gasteiger partial charge >= 0.3 is 0 Å². The van der Waals surface area contributed by atoms with Crippen LogP contribution in [0.1, 0.15) is 18.4 Å². The molecule has 0 aromatic heterocycles. The van der Waals surface area contributed by atoms with E-state index in [0.717, 1.165) is 31.5 Å². The first kappa shape index (κ1) is 11.8. The number of rotatable bonds is 1. The molecule has 2 nitrogen and oxygen atoms in total. The van der Waals surface area contributed by atoms with Crippen LogP contribution in [0.25, 0.3) is 0 Å². The summed E-state index contributed by atoms with van der Waals surface area (Å²) in [7, 11) is 2.04. The van der Waals surface area contributed by atoms with Gasteiger partial charge in [-0.05, 0) is 44.1 Å². The normalized spacial score (nSPS) is 27.0. The first-order chi connectivity index (χ1) is 7.51. The summed E-state index contributed by atoms with van der Waals surface area (Å²) in [5.41, 5.74) is 6.78. The molecular weight excluding hydrogens is 227 g/mol. The Morgan fingerprint density at radius 3 is 2.88 bits per heavy atom. The van der Waals surface area contributed by atoms with E-state index in [9.17, 15) is 4.39 Å². The molecule has 1 aliphatic heterocycles. The Morgan fingerprint density at radius 2 is 2.25 bits per heavy atom. The van der Waals surface area contributed by atoms with Crippen LogP contribution in [0.4, 0.5) is 4.39 Å². The fraction of sp³-hybridized carbons (Fsp3) is 0.500. The van der Waals surface area contributed by atoms with E-state index in [4.69, 9.17) is 17.3 Å². The van der Waals surface area contributed by atoms with Crippen molar-refractivity contribution in [3.8, 4) is 0 Å². The van der Waals surface area contributed by atoms with Crippen LogP contribution >= 0.6 is 11.6 Å². The summed E-state index contributed by atoms with van der Waals surface area (Å²) >= 11 is 6.06. The maximum Gasteiger partial charge on any atom is 0.124 e. The molecule has 1 heterocycles. The Labute approximate surface area is 100 Å². The summed E-state index contributed by atoms with van der Waals surface area (Å²) in [6, 6.07) is 4.46. The second-order valence-electron chi connectivity index (χ2n) is 4.62. The smallest absolute Gasteiger partial charge is 0.124 e. The number of hydrogen-bond acceptors (Lipinski definition) is 2. The molecule has 1 unspecified atom stereocenters. The molecule has 0 saturated carbocycles. The molecule has 2 N–H and O–H groups in total. The van der Waals surface area contributed by atoms with Crippen molar-refractivity contribution in [2.45, 2.75) is 18.4 Å². The van der Waals surface area contributed by atoms with Crippen LogP contribution in [-0.4, -0.2) is 25.0 Å². The Balaban J connectivity index is 2.34. The van der Waals surface area contributed by atoms with Crippen molar-refractivity contribution in [2.24, 2.45) is 5.73 Å². The largest absolute Gasteiger partial charge is 0.320 e. The predicted molar refractivity (Wildman–Crippen MR) is 64.0 cm³/mol. The average molecular weight is 243 g/mol. The van der Waals surface area contributed by atoms with E-state index in [1.807, 2.05) is 7.05 Å². The zero-order chi connectivity index (χ0) is 11.8. The summed E-state index contributed by atoms with van der Waals surface area (Å²) in [6.07, 6.45) is 1.93. The number of likely N-dealkylation sites (tertiary alicyclic amines) is 1. The molecule has 0 amide bonds. The van der Waals surface area contributed by atoms with E-state index in [1.165, 1.54) is 12.1 Å². The van der Waals surface area contributed by atoms with E-state index in [1.54, 1.807) is 6.07 Å². The lowest BCUT2D eigenvalue weighted by molar-refractivity contribution is 0.179. The molecule has 1 fully saturated rings. The lowest BCUT2D eigenvalue weighted by Crippen LogP contribution is -2.50. The molecule has 1 atom stereocenters. The standard InChI is InChI=1S/C12H16ClFN2/c1-16-6-2-5-12(15,8-16)10-4-3-9(14)7-11(10)13/h3-4,7H,2,5-6,8,15H2,1H3. The van der Waals surface area contributed by atoms with E-state index in [0.29, 0.717) is 5.02 Å². The first-order valence-electron chi connectivity index (χ1n) is 5.44. The Hall–Kier alpha value is -0.640. The van der Waals surface area contributed by atoms with Gasteiger partial charge in [0.25, 0.3) is 0 Å². The van der Waals surface area contributed by atoms with Crippen molar-refractivity contribution in [1.29, 1.82) is 0 Å². The monoisotopic (exact) mass is 242 g/mol. The zero-order valence-corrected chi connectivity index (χ0v) is 10.1. The maximum atomic E-state index is 13.0. The van der Waals surface area contributed by atoms with Gasteiger partial charge in [-0.3, -0.25) is 0 Å². The van der Waals surface area contributed by atoms with Gasteiger partial charge < -0.3 is 10.6 Å². The summed E-state index contributed by atoms with van der Waals surface area (Å²) in [6.45, 7) is 1.82. The van der Waals surface area contributed by atoms with Crippen molar-refractivity contribution < 1.29 is 4.39 Å². The molecule has 0 bridgehead atoms. The lowest BCUT2D eigenvalue weighted by atomic mass is 9.83. The minimum atomic E-state index is -0.447. The SMILES string of the molecule is CN1CCCC(N)(c2ccc(F)cc2Cl)C1. The van der Waals surface area contributed by atoms with Crippen molar-refractivity contribution in [3.05, 3.63) is 34.6 Å². The van der Waals surface area contributed by atoms with Gasteiger partial charge in [-0.15, -0.1) is 0 Å². The van der Waals surface area contributed by atoms with E-state index in [-0.39, 0.29) is 5.82 Å². The van der Waals surface area contributed by atoms with E-state index >= 15 is 0 Å². The number of nitrogens with two attached hydrogens (primary N) is 1. The molecule has 16 heavy (non-hydrogen) atoms. The van der Waals surface area contributed by atoms with Crippen LogP contribution in [0.15, 0.2) is 18.2 Å². The second-order valence-corrected chi connectivity index (χ2v) is 5.03. The number of nitrogens with zero attached hydrogens (tertiary/aromatic N) is 1. The van der Waals surface area contributed by atoms with E-state index < -0.39 is 5.54 Å². The van der Waals surface area contributed by atoms with Gasteiger partial charge in [0.1, 0.15) is 5.82 Å². The third-order valence-corrected chi connectivity index (χ3v) is 3.50. The molecule has 1 aromatic carbocycles. The molecule has 1 aromatic rings. The highest BCUT2D eigenvalue weighted by molar-refractivity contribution is 6.31. The van der Waals surface area contributed by atoms with Crippen molar-refractivity contribution >= 4 is 11.6 Å². The maximum absolute atomic E-state index is 13.0. The van der Waals surface area contributed by atoms with Crippen LogP contribution in [0.5, 0.6) is 0 Å². The van der Waals surface area contributed by atoms with Gasteiger partial charge in [0.05, 0.1) is 5.54 Å². The molecule has 4 heteroatoms.